The van der Waals surface area contributed by atoms with Crippen LogP contribution in [0.25, 0.3) is 11.5 Å². The minimum Gasteiger partial charge on any atom is -0.454 e. The van der Waals surface area contributed by atoms with Crippen LogP contribution in [0.4, 0.5) is 0 Å². The molecule has 0 radical (unpaired) electrons. The Bertz CT molecular complexity index is 925. The maximum absolute atomic E-state index is 12.8. The van der Waals surface area contributed by atoms with Crippen molar-refractivity contribution < 1.29 is 18.7 Å². The number of nitrogens with zero attached hydrogens (tertiary/aromatic N) is 3. The summed E-state index contributed by atoms with van der Waals surface area (Å²) in [7, 11) is 0. The summed E-state index contributed by atoms with van der Waals surface area (Å²) in [5, 5.41) is 0.509. The Morgan fingerprint density at radius 1 is 1.27 bits per heavy atom. The SMILES string of the molecule is CCN(CC)C(=O)[C@@H]1CCCN(Cc2nc(-c3cc4c(cc3Cl)OCO4)oc2C)C1. The number of oxazole rings is 1. The summed E-state index contributed by atoms with van der Waals surface area (Å²) in [5.41, 5.74) is 1.55. The molecule has 1 atom stereocenters. The van der Waals surface area contributed by atoms with Gasteiger partial charge in [-0.05, 0) is 46.2 Å². The number of piperidine rings is 1. The minimum atomic E-state index is 0.0497. The average Bonchev–Trinajstić information content (AvgIpc) is 3.34. The summed E-state index contributed by atoms with van der Waals surface area (Å²) in [6, 6.07) is 3.53. The van der Waals surface area contributed by atoms with Crippen LogP contribution >= 0.6 is 11.6 Å². The van der Waals surface area contributed by atoms with E-state index in [9.17, 15) is 4.79 Å². The van der Waals surface area contributed by atoms with Crippen molar-refractivity contribution in [2.24, 2.45) is 5.92 Å². The number of likely N-dealkylation sites (tertiary alicyclic amines) is 1. The van der Waals surface area contributed by atoms with Crippen LogP contribution in [0.3, 0.4) is 0 Å². The molecule has 0 bridgehead atoms. The number of carbonyl (C=O) groups excluding carboxylic acids is 1. The lowest BCUT2D eigenvalue weighted by Gasteiger charge is -2.34. The molecule has 30 heavy (non-hydrogen) atoms. The van der Waals surface area contributed by atoms with Crippen molar-refractivity contribution in [3.63, 3.8) is 0 Å². The predicted octanol–water partition coefficient (Wildman–Crippen LogP) is 4.11. The first-order chi connectivity index (χ1) is 14.5. The number of hydrogen-bond donors (Lipinski definition) is 0. The summed E-state index contributed by atoms with van der Waals surface area (Å²) in [6.07, 6.45) is 1.96. The smallest absolute Gasteiger partial charge is 0.231 e. The van der Waals surface area contributed by atoms with Gasteiger partial charge in [0.25, 0.3) is 0 Å². The molecule has 1 fully saturated rings. The Hall–Kier alpha value is -2.25. The maximum Gasteiger partial charge on any atom is 0.231 e. The molecule has 0 unspecified atom stereocenters. The molecule has 2 aliphatic rings. The van der Waals surface area contributed by atoms with E-state index in [1.807, 2.05) is 25.7 Å². The molecule has 1 saturated heterocycles. The number of aromatic nitrogens is 1. The van der Waals surface area contributed by atoms with Crippen LogP contribution in [0.1, 0.15) is 38.1 Å². The van der Waals surface area contributed by atoms with Gasteiger partial charge >= 0.3 is 0 Å². The van der Waals surface area contributed by atoms with Crippen LogP contribution in [-0.2, 0) is 11.3 Å². The second kappa shape index (κ2) is 8.86. The number of aryl methyl sites for hydroxylation is 1. The highest BCUT2D eigenvalue weighted by Gasteiger charge is 2.29. The summed E-state index contributed by atoms with van der Waals surface area (Å²) < 4.78 is 16.8. The van der Waals surface area contributed by atoms with E-state index < -0.39 is 0 Å². The zero-order valence-electron chi connectivity index (χ0n) is 17.7. The fourth-order valence-corrected chi connectivity index (χ4v) is 4.41. The van der Waals surface area contributed by atoms with Crippen LogP contribution < -0.4 is 9.47 Å². The molecule has 0 aliphatic carbocycles. The van der Waals surface area contributed by atoms with Gasteiger partial charge in [0, 0.05) is 32.2 Å². The molecule has 0 spiro atoms. The number of carbonyl (C=O) groups is 1. The molecule has 1 aromatic heterocycles. The van der Waals surface area contributed by atoms with Gasteiger partial charge in [0.05, 0.1) is 22.2 Å². The van der Waals surface area contributed by atoms with Crippen molar-refractivity contribution in [2.45, 2.75) is 40.2 Å². The fraction of sp³-hybridized carbons (Fsp3) is 0.545. The highest BCUT2D eigenvalue weighted by Crippen LogP contribution is 2.41. The van der Waals surface area contributed by atoms with Crippen molar-refractivity contribution in [3.05, 3.63) is 28.6 Å². The van der Waals surface area contributed by atoms with Crippen LogP contribution in [0.2, 0.25) is 5.02 Å². The molecule has 0 N–H and O–H groups in total. The molecule has 1 aromatic carbocycles. The van der Waals surface area contributed by atoms with Crippen LogP contribution in [0.15, 0.2) is 16.5 Å². The largest absolute Gasteiger partial charge is 0.454 e. The van der Waals surface area contributed by atoms with Gasteiger partial charge in [-0.25, -0.2) is 4.98 Å². The standard InChI is InChI=1S/C22H28ClN3O4/c1-4-26(5-2)22(27)15-7-6-8-25(11-15)12-18-14(3)30-21(24-18)16-9-19-20(10-17(16)23)29-13-28-19/h9-10,15H,4-8,11-13H2,1-3H3/t15-/m1/s1. The van der Waals surface area contributed by atoms with Gasteiger partial charge in [-0.3, -0.25) is 9.69 Å². The third-order valence-electron chi connectivity index (χ3n) is 5.89. The molecule has 2 aromatic rings. The molecular weight excluding hydrogens is 406 g/mol. The second-order valence-electron chi connectivity index (χ2n) is 7.79. The Kier molecular flexibility index (Phi) is 6.20. The van der Waals surface area contributed by atoms with Crippen LogP contribution in [0.5, 0.6) is 11.5 Å². The zero-order valence-corrected chi connectivity index (χ0v) is 18.5. The van der Waals surface area contributed by atoms with Crippen LogP contribution in [-0.4, -0.2) is 53.7 Å². The first-order valence-electron chi connectivity index (χ1n) is 10.6. The van der Waals surface area contributed by atoms with E-state index in [1.165, 1.54) is 0 Å². The number of amides is 1. The van der Waals surface area contributed by atoms with E-state index in [1.54, 1.807) is 12.1 Å². The molecule has 162 valence electrons. The van der Waals surface area contributed by atoms with Gasteiger partial charge in [-0.1, -0.05) is 11.6 Å². The summed E-state index contributed by atoms with van der Waals surface area (Å²) in [5.74, 6) is 2.81. The van der Waals surface area contributed by atoms with E-state index >= 15 is 0 Å². The van der Waals surface area contributed by atoms with Crippen molar-refractivity contribution in [3.8, 4) is 23.0 Å². The molecule has 1 amide bonds. The van der Waals surface area contributed by atoms with Gasteiger partial charge in [-0.2, -0.15) is 0 Å². The maximum atomic E-state index is 12.8. The molecule has 4 rings (SSSR count). The van der Waals surface area contributed by atoms with Crippen molar-refractivity contribution in [1.82, 2.24) is 14.8 Å². The Balaban J connectivity index is 1.48. The quantitative estimate of drug-likeness (QED) is 0.682. The number of fused-ring (bicyclic) bond motifs is 1. The third-order valence-corrected chi connectivity index (χ3v) is 6.20. The van der Waals surface area contributed by atoms with Gasteiger partial charge in [0.1, 0.15) is 5.76 Å². The Morgan fingerprint density at radius 3 is 2.73 bits per heavy atom. The van der Waals surface area contributed by atoms with Gasteiger partial charge in [0.2, 0.25) is 18.6 Å². The number of rotatable bonds is 6. The highest BCUT2D eigenvalue weighted by atomic mass is 35.5. The van der Waals surface area contributed by atoms with E-state index in [0.29, 0.717) is 34.5 Å². The first kappa shape index (κ1) is 21.0. The lowest BCUT2D eigenvalue weighted by molar-refractivity contribution is -0.137. The molecule has 0 saturated carbocycles. The summed E-state index contributed by atoms with van der Waals surface area (Å²) >= 11 is 6.42. The molecule has 2 aliphatic heterocycles. The monoisotopic (exact) mass is 433 g/mol. The van der Waals surface area contributed by atoms with Crippen molar-refractivity contribution in [2.75, 3.05) is 33.0 Å². The topological polar surface area (TPSA) is 68.0 Å². The minimum absolute atomic E-state index is 0.0497. The third kappa shape index (κ3) is 4.14. The number of benzene rings is 1. The lowest BCUT2D eigenvalue weighted by atomic mass is 9.96. The van der Waals surface area contributed by atoms with Crippen molar-refractivity contribution >= 4 is 17.5 Å². The molecule has 3 heterocycles. The van der Waals surface area contributed by atoms with Gasteiger partial charge in [-0.15, -0.1) is 0 Å². The first-order valence-corrected chi connectivity index (χ1v) is 10.9. The molecule has 8 heteroatoms. The normalized spacial score (nSPS) is 18.6. The molecular formula is C22H28ClN3O4. The zero-order chi connectivity index (χ0) is 21.3. The average molecular weight is 434 g/mol. The second-order valence-corrected chi connectivity index (χ2v) is 8.20. The van der Waals surface area contributed by atoms with Crippen LogP contribution in [0, 0.1) is 12.8 Å². The molecule has 7 nitrogen and oxygen atoms in total. The number of ether oxygens (including phenoxy) is 2. The predicted molar refractivity (Wildman–Crippen MR) is 114 cm³/mol. The number of hydrogen-bond acceptors (Lipinski definition) is 6. The lowest BCUT2D eigenvalue weighted by Crippen LogP contribution is -2.44. The fourth-order valence-electron chi connectivity index (χ4n) is 4.18. The number of halogens is 1. The van der Waals surface area contributed by atoms with E-state index in [4.69, 9.17) is 30.5 Å². The summed E-state index contributed by atoms with van der Waals surface area (Å²) in [4.78, 5) is 21.7. The Labute approximate surface area is 181 Å². The van der Waals surface area contributed by atoms with E-state index in [0.717, 1.165) is 50.5 Å². The summed E-state index contributed by atoms with van der Waals surface area (Å²) in [6.45, 7) is 10.0. The van der Waals surface area contributed by atoms with Crippen molar-refractivity contribution in [1.29, 1.82) is 0 Å². The van der Waals surface area contributed by atoms with Gasteiger partial charge < -0.3 is 18.8 Å². The van der Waals surface area contributed by atoms with E-state index in [2.05, 4.69) is 4.90 Å². The van der Waals surface area contributed by atoms with Gasteiger partial charge in [0.15, 0.2) is 11.5 Å². The Morgan fingerprint density at radius 2 is 2.00 bits per heavy atom. The van der Waals surface area contributed by atoms with E-state index in [-0.39, 0.29) is 18.6 Å². The highest BCUT2D eigenvalue weighted by molar-refractivity contribution is 6.33.